The van der Waals surface area contributed by atoms with Crippen molar-refractivity contribution in [2.45, 2.75) is 0 Å². The molecule has 4 nitrogen and oxygen atoms in total. The zero-order valence-electron chi connectivity index (χ0n) is 9.97. The Balaban J connectivity index is 2.23. The molecular weight excluding hydrogens is 243 g/mol. The number of aromatic nitrogens is 3. The highest BCUT2D eigenvalue weighted by Crippen LogP contribution is 2.35. The molecule has 0 aliphatic carbocycles. The number of nitrogens with two attached hydrogens (primary N) is 1. The van der Waals surface area contributed by atoms with Crippen LogP contribution in [-0.4, -0.2) is 15.2 Å². The average molecular weight is 254 g/mol. The molecule has 0 aliphatic heterocycles. The molecule has 3 aromatic rings. The van der Waals surface area contributed by atoms with Gasteiger partial charge in [0.25, 0.3) is 0 Å². The molecule has 0 radical (unpaired) electrons. The monoisotopic (exact) mass is 254 g/mol. The van der Waals surface area contributed by atoms with Gasteiger partial charge < -0.3 is 5.73 Å². The Morgan fingerprint density at radius 2 is 1.79 bits per heavy atom. The molecule has 0 unspecified atom stereocenters. The zero-order valence-corrected chi connectivity index (χ0v) is 9.97. The van der Waals surface area contributed by atoms with Crippen molar-refractivity contribution in [2.75, 3.05) is 5.73 Å². The van der Waals surface area contributed by atoms with Gasteiger partial charge in [-0.05, 0) is 29.8 Å². The van der Waals surface area contributed by atoms with Crippen molar-refractivity contribution >= 4 is 5.82 Å². The van der Waals surface area contributed by atoms with Crippen molar-refractivity contribution in [3.63, 3.8) is 0 Å². The van der Waals surface area contributed by atoms with Crippen LogP contribution in [-0.2, 0) is 0 Å². The van der Waals surface area contributed by atoms with Gasteiger partial charge in [0.05, 0.1) is 11.3 Å². The molecule has 1 aromatic carbocycles. The van der Waals surface area contributed by atoms with Gasteiger partial charge in [-0.2, -0.15) is 5.10 Å². The van der Waals surface area contributed by atoms with Crippen LogP contribution in [0.1, 0.15) is 0 Å². The summed E-state index contributed by atoms with van der Waals surface area (Å²) in [6.45, 7) is 0. The van der Waals surface area contributed by atoms with E-state index in [1.54, 1.807) is 30.6 Å². The first-order chi connectivity index (χ1) is 9.27. The Kier molecular flexibility index (Phi) is 2.72. The number of hydrogen-bond donors (Lipinski definition) is 2. The quantitative estimate of drug-likeness (QED) is 0.738. The maximum absolute atomic E-state index is 13.9. The van der Waals surface area contributed by atoms with Gasteiger partial charge in [-0.25, -0.2) is 4.39 Å². The van der Waals surface area contributed by atoms with E-state index in [1.807, 2.05) is 12.1 Å². The van der Waals surface area contributed by atoms with Crippen LogP contribution in [0.15, 0.2) is 48.8 Å². The highest BCUT2D eigenvalue weighted by atomic mass is 19.1. The van der Waals surface area contributed by atoms with E-state index in [1.165, 1.54) is 6.07 Å². The number of rotatable bonds is 2. The van der Waals surface area contributed by atoms with Gasteiger partial charge >= 0.3 is 0 Å². The smallest absolute Gasteiger partial charge is 0.153 e. The zero-order chi connectivity index (χ0) is 13.2. The second kappa shape index (κ2) is 4.53. The Morgan fingerprint density at radius 1 is 1.05 bits per heavy atom. The molecule has 19 heavy (non-hydrogen) atoms. The van der Waals surface area contributed by atoms with Crippen LogP contribution in [0.3, 0.4) is 0 Å². The molecular formula is C14H11FN4. The lowest BCUT2D eigenvalue weighted by atomic mass is 10.0. The summed E-state index contributed by atoms with van der Waals surface area (Å²) in [7, 11) is 0. The summed E-state index contributed by atoms with van der Waals surface area (Å²) >= 11 is 0. The van der Waals surface area contributed by atoms with Gasteiger partial charge in [0.1, 0.15) is 5.82 Å². The van der Waals surface area contributed by atoms with Crippen molar-refractivity contribution in [1.29, 1.82) is 0 Å². The van der Waals surface area contributed by atoms with E-state index in [0.717, 1.165) is 5.56 Å². The fourth-order valence-electron chi connectivity index (χ4n) is 2.03. The summed E-state index contributed by atoms with van der Waals surface area (Å²) in [5.41, 5.74) is 8.42. The topological polar surface area (TPSA) is 67.6 Å². The van der Waals surface area contributed by atoms with E-state index >= 15 is 0 Å². The minimum absolute atomic E-state index is 0.318. The maximum Gasteiger partial charge on any atom is 0.153 e. The van der Waals surface area contributed by atoms with Crippen molar-refractivity contribution in [3.8, 4) is 22.4 Å². The van der Waals surface area contributed by atoms with Crippen molar-refractivity contribution in [3.05, 3.63) is 54.6 Å². The van der Waals surface area contributed by atoms with Crippen LogP contribution >= 0.6 is 0 Å². The number of pyridine rings is 1. The molecule has 3 rings (SSSR count). The summed E-state index contributed by atoms with van der Waals surface area (Å²) in [5, 5.41) is 6.77. The molecule has 0 spiro atoms. The van der Waals surface area contributed by atoms with Crippen molar-refractivity contribution < 1.29 is 4.39 Å². The van der Waals surface area contributed by atoms with Crippen LogP contribution in [0.2, 0.25) is 0 Å². The lowest BCUT2D eigenvalue weighted by Crippen LogP contribution is -1.90. The van der Waals surface area contributed by atoms with Gasteiger partial charge in [-0.1, -0.05) is 12.1 Å². The van der Waals surface area contributed by atoms with E-state index < -0.39 is 0 Å². The second-order valence-corrected chi connectivity index (χ2v) is 4.07. The second-order valence-electron chi connectivity index (χ2n) is 4.07. The number of H-pyrrole nitrogens is 1. The first-order valence-corrected chi connectivity index (χ1v) is 5.76. The highest BCUT2D eigenvalue weighted by Gasteiger charge is 2.16. The number of halogens is 1. The average Bonchev–Trinajstić information content (AvgIpc) is 2.82. The molecule has 3 N–H and O–H groups in total. The third-order valence-electron chi connectivity index (χ3n) is 2.91. The Bertz CT molecular complexity index is 706. The van der Waals surface area contributed by atoms with E-state index in [0.29, 0.717) is 22.6 Å². The molecule has 94 valence electrons. The van der Waals surface area contributed by atoms with Gasteiger partial charge in [-0.3, -0.25) is 10.1 Å². The van der Waals surface area contributed by atoms with E-state index in [4.69, 9.17) is 5.73 Å². The predicted molar refractivity (Wildman–Crippen MR) is 71.6 cm³/mol. The van der Waals surface area contributed by atoms with Crippen LogP contribution < -0.4 is 5.73 Å². The fourth-order valence-corrected chi connectivity index (χ4v) is 2.03. The summed E-state index contributed by atoms with van der Waals surface area (Å²) in [5.74, 6) is 0.0194. The summed E-state index contributed by atoms with van der Waals surface area (Å²) in [4.78, 5) is 3.96. The number of aromatic amines is 1. The SMILES string of the molecule is Nc1n[nH]c(-c2ccccc2F)c1-c1ccncc1. The maximum atomic E-state index is 13.9. The minimum atomic E-state index is -0.318. The van der Waals surface area contributed by atoms with E-state index in [9.17, 15) is 4.39 Å². The molecule has 0 saturated carbocycles. The molecule has 0 fully saturated rings. The lowest BCUT2D eigenvalue weighted by Gasteiger charge is -2.05. The lowest BCUT2D eigenvalue weighted by molar-refractivity contribution is 0.630. The fraction of sp³-hybridized carbons (Fsp3) is 0. The molecule has 5 heteroatoms. The minimum Gasteiger partial charge on any atom is -0.382 e. The number of hydrogen-bond acceptors (Lipinski definition) is 3. The van der Waals surface area contributed by atoms with Gasteiger partial charge in [0, 0.05) is 18.0 Å². The molecule has 0 bridgehead atoms. The predicted octanol–water partition coefficient (Wildman–Crippen LogP) is 2.86. The number of nitrogens with one attached hydrogen (secondary N) is 1. The largest absolute Gasteiger partial charge is 0.382 e. The highest BCUT2D eigenvalue weighted by molar-refractivity contribution is 5.87. The molecule has 0 saturated heterocycles. The standard InChI is InChI=1S/C14H11FN4/c15-11-4-2-1-3-10(11)13-12(14(16)19-18-13)9-5-7-17-8-6-9/h1-8H,(H3,16,18,19). The summed E-state index contributed by atoms with van der Waals surface area (Å²) in [6, 6.07) is 10.1. The van der Waals surface area contributed by atoms with Gasteiger partial charge in [0.15, 0.2) is 5.82 Å². The van der Waals surface area contributed by atoms with Gasteiger partial charge in [0.2, 0.25) is 0 Å². The van der Waals surface area contributed by atoms with Crippen LogP contribution in [0.4, 0.5) is 10.2 Å². The molecule has 0 aliphatic rings. The first-order valence-electron chi connectivity index (χ1n) is 5.76. The Labute approximate surface area is 109 Å². The van der Waals surface area contributed by atoms with E-state index in [2.05, 4.69) is 15.2 Å². The Morgan fingerprint density at radius 3 is 2.53 bits per heavy atom. The number of anilines is 1. The van der Waals surface area contributed by atoms with Crippen LogP contribution in [0.5, 0.6) is 0 Å². The van der Waals surface area contributed by atoms with Crippen molar-refractivity contribution in [1.82, 2.24) is 15.2 Å². The normalized spacial score (nSPS) is 10.6. The van der Waals surface area contributed by atoms with Crippen LogP contribution in [0, 0.1) is 5.82 Å². The molecule has 2 aromatic heterocycles. The van der Waals surface area contributed by atoms with Gasteiger partial charge in [-0.15, -0.1) is 0 Å². The molecule has 0 atom stereocenters. The van der Waals surface area contributed by atoms with E-state index in [-0.39, 0.29) is 5.82 Å². The number of nitrogen functional groups attached to an aromatic ring is 1. The summed E-state index contributed by atoms with van der Waals surface area (Å²) < 4.78 is 13.9. The van der Waals surface area contributed by atoms with Crippen molar-refractivity contribution in [2.24, 2.45) is 0 Å². The third kappa shape index (κ3) is 1.95. The number of benzene rings is 1. The third-order valence-corrected chi connectivity index (χ3v) is 2.91. The molecule has 2 heterocycles. The molecule has 0 amide bonds. The number of nitrogens with zero attached hydrogens (tertiary/aromatic N) is 2. The summed E-state index contributed by atoms with van der Waals surface area (Å²) in [6.07, 6.45) is 3.32. The Hall–Kier alpha value is -2.69. The first kappa shape index (κ1) is 11.4. The van der Waals surface area contributed by atoms with Crippen LogP contribution in [0.25, 0.3) is 22.4 Å².